The quantitative estimate of drug-likeness (QED) is 0.867. The average molecular weight is 375 g/mol. The molecule has 3 N–H and O–H groups in total. The number of carbonyl (C=O) groups excluding carboxylic acids is 1. The molecule has 2 aromatic rings. The molecule has 0 aliphatic carbocycles. The van der Waals surface area contributed by atoms with Gasteiger partial charge >= 0.3 is 0 Å². The molecule has 0 aliphatic heterocycles. The standard InChI is InChI=1S/C13H10BrClFN3O2/c1-19-10(12(17)20)5-9(11(15)13(19)21)18-8-3-2-6(14)4-7(8)16/h2-5,18H,1H3,(H2,17,20). The van der Waals surface area contributed by atoms with E-state index >= 15 is 0 Å². The fraction of sp³-hybridized carbons (Fsp3) is 0.0769. The lowest BCUT2D eigenvalue weighted by Crippen LogP contribution is -2.27. The first kappa shape index (κ1) is 15.5. The van der Waals surface area contributed by atoms with E-state index in [4.69, 9.17) is 17.3 Å². The monoisotopic (exact) mass is 373 g/mol. The molecule has 0 aliphatic rings. The molecule has 21 heavy (non-hydrogen) atoms. The van der Waals surface area contributed by atoms with Crippen molar-refractivity contribution in [3.8, 4) is 0 Å². The Morgan fingerprint density at radius 2 is 2.05 bits per heavy atom. The summed E-state index contributed by atoms with van der Waals surface area (Å²) < 4.78 is 15.4. The summed E-state index contributed by atoms with van der Waals surface area (Å²) in [6.45, 7) is 0. The minimum absolute atomic E-state index is 0.0376. The van der Waals surface area contributed by atoms with Crippen LogP contribution in [0.4, 0.5) is 15.8 Å². The number of pyridine rings is 1. The van der Waals surface area contributed by atoms with Crippen molar-refractivity contribution < 1.29 is 9.18 Å². The highest BCUT2D eigenvalue weighted by Gasteiger charge is 2.15. The van der Waals surface area contributed by atoms with Crippen LogP contribution in [0.15, 0.2) is 33.5 Å². The summed E-state index contributed by atoms with van der Waals surface area (Å²) in [4.78, 5) is 23.2. The van der Waals surface area contributed by atoms with Crippen LogP contribution in [0.3, 0.4) is 0 Å². The molecule has 0 spiro atoms. The number of nitrogens with one attached hydrogen (secondary N) is 1. The number of hydrogen-bond acceptors (Lipinski definition) is 3. The maximum absolute atomic E-state index is 13.8. The van der Waals surface area contributed by atoms with Gasteiger partial charge in [0.1, 0.15) is 16.5 Å². The molecule has 1 heterocycles. The van der Waals surface area contributed by atoms with Gasteiger partial charge < -0.3 is 15.6 Å². The van der Waals surface area contributed by atoms with E-state index in [9.17, 15) is 14.0 Å². The van der Waals surface area contributed by atoms with Crippen molar-refractivity contribution in [1.82, 2.24) is 4.57 Å². The molecule has 0 bridgehead atoms. The number of halogens is 3. The molecule has 2 rings (SSSR count). The first-order chi connectivity index (χ1) is 9.81. The van der Waals surface area contributed by atoms with Crippen molar-refractivity contribution in [3.63, 3.8) is 0 Å². The van der Waals surface area contributed by atoms with E-state index < -0.39 is 17.3 Å². The largest absolute Gasteiger partial charge is 0.364 e. The highest BCUT2D eigenvalue weighted by atomic mass is 79.9. The van der Waals surface area contributed by atoms with Crippen molar-refractivity contribution in [2.24, 2.45) is 12.8 Å². The van der Waals surface area contributed by atoms with E-state index in [2.05, 4.69) is 21.2 Å². The third kappa shape index (κ3) is 3.08. The number of nitrogens with two attached hydrogens (primary N) is 1. The first-order valence-corrected chi connectivity index (χ1v) is 6.89. The molecule has 0 saturated carbocycles. The molecule has 5 nitrogen and oxygen atoms in total. The molecule has 1 aromatic carbocycles. The van der Waals surface area contributed by atoms with Gasteiger partial charge in [0.05, 0.1) is 11.4 Å². The second-order valence-corrected chi connectivity index (χ2v) is 5.53. The molecule has 8 heteroatoms. The number of primary amides is 1. The fourth-order valence-electron chi connectivity index (χ4n) is 1.73. The van der Waals surface area contributed by atoms with Crippen molar-refractivity contribution in [3.05, 3.63) is 55.6 Å². The summed E-state index contributed by atoms with van der Waals surface area (Å²) in [5, 5.41) is 2.52. The van der Waals surface area contributed by atoms with Crippen molar-refractivity contribution in [2.45, 2.75) is 0 Å². The predicted octanol–water partition coefficient (Wildman–Crippen LogP) is 2.78. The van der Waals surface area contributed by atoms with Gasteiger partial charge in [-0.3, -0.25) is 9.59 Å². The van der Waals surface area contributed by atoms with Gasteiger partial charge in [-0.25, -0.2) is 4.39 Å². The minimum atomic E-state index is -0.786. The Hall–Kier alpha value is -1.86. The lowest BCUT2D eigenvalue weighted by Gasteiger charge is -2.13. The number of benzene rings is 1. The van der Waals surface area contributed by atoms with Crippen molar-refractivity contribution in [1.29, 1.82) is 0 Å². The van der Waals surface area contributed by atoms with Crippen molar-refractivity contribution >= 4 is 44.8 Å². The zero-order chi connectivity index (χ0) is 15.7. The molecule has 0 atom stereocenters. The van der Waals surface area contributed by atoms with Crippen LogP contribution in [0.25, 0.3) is 0 Å². The molecular formula is C13H10BrClFN3O2. The third-order valence-electron chi connectivity index (χ3n) is 2.82. The van der Waals surface area contributed by atoms with Crippen LogP contribution in [0.1, 0.15) is 10.5 Å². The maximum Gasteiger partial charge on any atom is 0.271 e. The second kappa shape index (κ2) is 5.87. The Labute approximate surface area is 132 Å². The summed E-state index contributed by atoms with van der Waals surface area (Å²) in [7, 11) is 1.37. The van der Waals surface area contributed by atoms with E-state index in [0.717, 1.165) is 4.57 Å². The van der Waals surface area contributed by atoms with E-state index in [1.54, 1.807) is 6.07 Å². The molecule has 0 saturated heterocycles. The van der Waals surface area contributed by atoms with Crippen LogP contribution in [0, 0.1) is 5.82 Å². The molecule has 1 amide bonds. The normalized spacial score (nSPS) is 10.5. The van der Waals surface area contributed by atoms with E-state index in [1.807, 2.05) is 0 Å². The minimum Gasteiger partial charge on any atom is -0.364 e. The van der Waals surface area contributed by atoms with Crippen LogP contribution >= 0.6 is 27.5 Å². The van der Waals surface area contributed by atoms with Crippen LogP contribution in [0.2, 0.25) is 5.02 Å². The van der Waals surface area contributed by atoms with Gasteiger partial charge in [0.2, 0.25) is 0 Å². The summed E-state index contributed by atoms with van der Waals surface area (Å²) in [5.74, 6) is -1.33. The number of carbonyl (C=O) groups is 1. The molecule has 0 unspecified atom stereocenters. The lowest BCUT2D eigenvalue weighted by molar-refractivity contribution is 0.0991. The smallest absolute Gasteiger partial charge is 0.271 e. The Morgan fingerprint density at radius 1 is 1.38 bits per heavy atom. The molecular weight excluding hydrogens is 365 g/mol. The molecule has 1 aromatic heterocycles. The van der Waals surface area contributed by atoms with Crippen LogP contribution in [0.5, 0.6) is 0 Å². The summed E-state index contributed by atoms with van der Waals surface area (Å²) in [5.41, 5.74) is 4.78. The number of aromatic nitrogens is 1. The van der Waals surface area contributed by atoms with Crippen LogP contribution in [-0.2, 0) is 7.05 Å². The van der Waals surface area contributed by atoms with E-state index in [-0.39, 0.29) is 22.1 Å². The topological polar surface area (TPSA) is 77.1 Å². The fourth-order valence-corrected chi connectivity index (χ4v) is 2.29. The predicted molar refractivity (Wildman–Crippen MR) is 82.6 cm³/mol. The molecule has 110 valence electrons. The van der Waals surface area contributed by atoms with Gasteiger partial charge in [0, 0.05) is 11.5 Å². The SMILES string of the molecule is Cn1c(C(N)=O)cc(Nc2ccc(Br)cc2F)c(Cl)c1=O. The number of hydrogen-bond donors (Lipinski definition) is 2. The van der Waals surface area contributed by atoms with Gasteiger partial charge in [-0.1, -0.05) is 27.5 Å². The Balaban J connectivity index is 2.54. The summed E-state index contributed by atoms with van der Waals surface area (Å²) >= 11 is 9.07. The number of nitrogens with zero attached hydrogens (tertiary/aromatic N) is 1. The van der Waals surface area contributed by atoms with Crippen LogP contribution < -0.4 is 16.6 Å². The highest BCUT2D eigenvalue weighted by Crippen LogP contribution is 2.26. The van der Waals surface area contributed by atoms with Gasteiger partial charge in [-0.05, 0) is 24.3 Å². The number of anilines is 2. The lowest BCUT2D eigenvalue weighted by atomic mass is 10.2. The Bertz CT molecular complexity index is 792. The molecule has 0 fully saturated rings. The van der Waals surface area contributed by atoms with Gasteiger partial charge in [0.15, 0.2) is 0 Å². The van der Waals surface area contributed by atoms with E-state index in [0.29, 0.717) is 4.47 Å². The van der Waals surface area contributed by atoms with Crippen molar-refractivity contribution in [2.75, 3.05) is 5.32 Å². The highest BCUT2D eigenvalue weighted by molar-refractivity contribution is 9.10. The van der Waals surface area contributed by atoms with Crippen LogP contribution in [-0.4, -0.2) is 10.5 Å². The van der Waals surface area contributed by atoms with Gasteiger partial charge in [0.25, 0.3) is 11.5 Å². The Morgan fingerprint density at radius 3 is 2.62 bits per heavy atom. The first-order valence-electron chi connectivity index (χ1n) is 5.72. The second-order valence-electron chi connectivity index (χ2n) is 4.23. The zero-order valence-corrected chi connectivity index (χ0v) is 13.1. The zero-order valence-electron chi connectivity index (χ0n) is 10.8. The number of amides is 1. The summed E-state index contributed by atoms with van der Waals surface area (Å²) in [6, 6.07) is 5.65. The maximum atomic E-state index is 13.8. The number of rotatable bonds is 3. The van der Waals surface area contributed by atoms with Gasteiger partial charge in [-0.15, -0.1) is 0 Å². The molecule has 0 radical (unpaired) electrons. The average Bonchev–Trinajstić information content (AvgIpc) is 2.41. The summed E-state index contributed by atoms with van der Waals surface area (Å²) in [6.07, 6.45) is 0. The van der Waals surface area contributed by atoms with Gasteiger partial charge in [-0.2, -0.15) is 0 Å². The third-order valence-corrected chi connectivity index (χ3v) is 3.68. The Kier molecular flexibility index (Phi) is 4.34. The van der Waals surface area contributed by atoms with E-state index in [1.165, 1.54) is 25.2 Å².